The van der Waals surface area contributed by atoms with Crippen molar-refractivity contribution in [2.24, 2.45) is 0 Å². The zero-order valence-corrected chi connectivity index (χ0v) is 9.77. The van der Waals surface area contributed by atoms with Crippen LogP contribution < -0.4 is 10.1 Å². The quantitative estimate of drug-likeness (QED) is 0.802. The van der Waals surface area contributed by atoms with Crippen molar-refractivity contribution < 1.29 is 14.3 Å². The number of carbonyl (C=O) groups is 2. The third-order valence-electron chi connectivity index (χ3n) is 2.74. The number of nitrogens with zero attached hydrogens (tertiary/aromatic N) is 1. The molecule has 1 aromatic carbocycles. The molecule has 1 unspecified atom stereocenters. The Morgan fingerprint density at radius 3 is 2.88 bits per heavy atom. The maximum Gasteiger partial charge on any atom is 0.250 e. The summed E-state index contributed by atoms with van der Waals surface area (Å²) in [4.78, 5) is 24.8. The van der Waals surface area contributed by atoms with Crippen LogP contribution in [0.1, 0.15) is 11.6 Å². The fourth-order valence-electron chi connectivity index (χ4n) is 1.83. The number of nitrogens with one attached hydrogen (secondary N) is 1. The Kier molecular flexibility index (Phi) is 2.99. The van der Waals surface area contributed by atoms with E-state index in [1.807, 2.05) is 0 Å². The van der Waals surface area contributed by atoms with Crippen LogP contribution in [0.2, 0.25) is 0 Å². The highest BCUT2D eigenvalue weighted by Crippen LogP contribution is 2.22. The SMILES string of the molecule is COc1cccc(C2NC(=O)CN(C)C2=O)c1. The number of likely N-dealkylation sites (N-methyl/N-ethyl adjacent to an activating group) is 1. The summed E-state index contributed by atoms with van der Waals surface area (Å²) in [6, 6.07) is 6.52. The number of ether oxygens (including phenoxy) is 1. The van der Waals surface area contributed by atoms with Gasteiger partial charge >= 0.3 is 0 Å². The van der Waals surface area contributed by atoms with Crippen molar-refractivity contribution in [2.75, 3.05) is 20.7 Å². The van der Waals surface area contributed by atoms with Gasteiger partial charge in [0, 0.05) is 7.05 Å². The normalized spacial score (nSPS) is 20.1. The van der Waals surface area contributed by atoms with E-state index in [0.29, 0.717) is 5.75 Å². The topological polar surface area (TPSA) is 58.6 Å². The summed E-state index contributed by atoms with van der Waals surface area (Å²) in [7, 11) is 3.18. The van der Waals surface area contributed by atoms with E-state index in [1.165, 1.54) is 4.90 Å². The van der Waals surface area contributed by atoms with Gasteiger partial charge in [0.25, 0.3) is 0 Å². The first-order valence-electron chi connectivity index (χ1n) is 5.30. The van der Waals surface area contributed by atoms with Crippen molar-refractivity contribution in [3.8, 4) is 5.75 Å². The number of hydrogen-bond acceptors (Lipinski definition) is 3. The number of rotatable bonds is 2. The number of piperazine rings is 1. The molecule has 90 valence electrons. The molecular formula is C12H14N2O3. The zero-order valence-electron chi connectivity index (χ0n) is 9.77. The van der Waals surface area contributed by atoms with Gasteiger partial charge in [0.1, 0.15) is 11.8 Å². The van der Waals surface area contributed by atoms with Gasteiger partial charge < -0.3 is 15.0 Å². The van der Waals surface area contributed by atoms with Crippen molar-refractivity contribution in [2.45, 2.75) is 6.04 Å². The molecule has 0 aromatic heterocycles. The fraction of sp³-hybridized carbons (Fsp3) is 0.333. The fourth-order valence-corrected chi connectivity index (χ4v) is 1.83. The third-order valence-corrected chi connectivity index (χ3v) is 2.74. The molecule has 5 heteroatoms. The first-order chi connectivity index (χ1) is 8.11. The number of benzene rings is 1. The highest BCUT2D eigenvalue weighted by atomic mass is 16.5. The Labute approximate surface area is 99.4 Å². The largest absolute Gasteiger partial charge is 0.497 e. The Morgan fingerprint density at radius 1 is 1.41 bits per heavy atom. The summed E-state index contributed by atoms with van der Waals surface area (Å²) < 4.78 is 5.10. The van der Waals surface area contributed by atoms with Gasteiger partial charge in [-0.2, -0.15) is 0 Å². The van der Waals surface area contributed by atoms with Crippen molar-refractivity contribution in [3.05, 3.63) is 29.8 Å². The second kappa shape index (κ2) is 4.45. The Balaban J connectivity index is 2.31. The second-order valence-corrected chi connectivity index (χ2v) is 3.97. The molecule has 1 aromatic rings. The van der Waals surface area contributed by atoms with Crippen LogP contribution in [0.4, 0.5) is 0 Å². The zero-order chi connectivity index (χ0) is 12.4. The van der Waals surface area contributed by atoms with E-state index >= 15 is 0 Å². The van der Waals surface area contributed by atoms with E-state index in [4.69, 9.17) is 4.74 Å². The van der Waals surface area contributed by atoms with Crippen LogP contribution in [-0.4, -0.2) is 37.4 Å². The number of methoxy groups -OCH3 is 1. The predicted molar refractivity (Wildman–Crippen MR) is 61.5 cm³/mol. The van der Waals surface area contributed by atoms with Crippen LogP contribution in [-0.2, 0) is 9.59 Å². The van der Waals surface area contributed by atoms with Crippen LogP contribution in [0.25, 0.3) is 0 Å². The molecule has 2 amide bonds. The van der Waals surface area contributed by atoms with Crippen LogP contribution in [0.15, 0.2) is 24.3 Å². The molecular weight excluding hydrogens is 220 g/mol. The van der Waals surface area contributed by atoms with Crippen molar-refractivity contribution >= 4 is 11.8 Å². The molecule has 1 fully saturated rings. The Hall–Kier alpha value is -2.04. The summed E-state index contributed by atoms with van der Waals surface area (Å²) in [5, 5.41) is 2.68. The van der Waals surface area contributed by atoms with E-state index < -0.39 is 6.04 Å². The lowest BCUT2D eigenvalue weighted by molar-refractivity contribution is -0.143. The lowest BCUT2D eigenvalue weighted by Gasteiger charge is -2.30. The number of hydrogen-bond donors (Lipinski definition) is 1. The molecule has 1 saturated heterocycles. The van der Waals surface area contributed by atoms with Crippen molar-refractivity contribution in [1.82, 2.24) is 10.2 Å². The summed E-state index contributed by atoms with van der Waals surface area (Å²) in [6.07, 6.45) is 0. The van der Waals surface area contributed by atoms with Gasteiger partial charge in [-0.05, 0) is 17.7 Å². The van der Waals surface area contributed by atoms with Crippen molar-refractivity contribution in [1.29, 1.82) is 0 Å². The van der Waals surface area contributed by atoms with E-state index in [1.54, 1.807) is 38.4 Å². The predicted octanol–water partition coefficient (Wildman–Crippen LogP) is 0.324. The van der Waals surface area contributed by atoms with Crippen LogP contribution in [0.5, 0.6) is 5.75 Å². The van der Waals surface area contributed by atoms with Gasteiger partial charge in [0.2, 0.25) is 11.8 Å². The lowest BCUT2D eigenvalue weighted by atomic mass is 10.0. The molecule has 1 aliphatic rings. The molecule has 1 heterocycles. The molecule has 0 bridgehead atoms. The van der Waals surface area contributed by atoms with Crippen LogP contribution in [0, 0.1) is 0 Å². The van der Waals surface area contributed by atoms with Gasteiger partial charge in [-0.25, -0.2) is 0 Å². The van der Waals surface area contributed by atoms with Gasteiger partial charge in [-0.15, -0.1) is 0 Å². The van der Waals surface area contributed by atoms with E-state index in [0.717, 1.165) is 5.56 Å². The van der Waals surface area contributed by atoms with Crippen LogP contribution in [0.3, 0.4) is 0 Å². The van der Waals surface area contributed by atoms with E-state index in [-0.39, 0.29) is 18.4 Å². The summed E-state index contributed by atoms with van der Waals surface area (Å²) in [5.41, 5.74) is 0.731. The maximum atomic E-state index is 11.9. The van der Waals surface area contributed by atoms with Gasteiger partial charge in [-0.1, -0.05) is 12.1 Å². The molecule has 1 atom stereocenters. The first-order valence-corrected chi connectivity index (χ1v) is 5.30. The number of amides is 2. The highest BCUT2D eigenvalue weighted by Gasteiger charge is 2.31. The average molecular weight is 234 g/mol. The van der Waals surface area contributed by atoms with Gasteiger partial charge in [0.15, 0.2) is 0 Å². The smallest absolute Gasteiger partial charge is 0.250 e. The molecule has 0 spiro atoms. The molecule has 5 nitrogen and oxygen atoms in total. The van der Waals surface area contributed by atoms with Crippen molar-refractivity contribution in [3.63, 3.8) is 0 Å². The first kappa shape index (κ1) is 11.4. The lowest BCUT2D eigenvalue weighted by Crippen LogP contribution is -2.51. The monoisotopic (exact) mass is 234 g/mol. The minimum atomic E-state index is -0.614. The summed E-state index contributed by atoms with van der Waals surface area (Å²) in [6.45, 7) is 0.110. The van der Waals surface area contributed by atoms with Gasteiger partial charge in [0.05, 0.1) is 13.7 Å². The Bertz CT molecular complexity index is 459. The summed E-state index contributed by atoms with van der Waals surface area (Å²) >= 11 is 0. The third kappa shape index (κ3) is 2.22. The van der Waals surface area contributed by atoms with E-state index in [9.17, 15) is 9.59 Å². The minimum Gasteiger partial charge on any atom is -0.497 e. The Morgan fingerprint density at radius 2 is 2.18 bits per heavy atom. The second-order valence-electron chi connectivity index (χ2n) is 3.97. The molecule has 2 rings (SSSR count). The molecule has 0 saturated carbocycles. The molecule has 1 aliphatic heterocycles. The molecule has 1 N–H and O–H groups in total. The van der Waals surface area contributed by atoms with Crippen LogP contribution >= 0.6 is 0 Å². The highest BCUT2D eigenvalue weighted by molar-refractivity contribution is 5.95. The molecule has 17 heavy (non-hydrogen) atoms. The molecule has 0 radical (unpaired) electrons. The van der Waals surface area contributed by atoms with Gasteiger partial charge in [-0.3, -0.25) is 9.59 Å². The van der Waals surface area contributed by atoms with E-state index in [2.05, 4.69) is 5.32 Å². The summed E-state index contributed by atoms with van der Waals surface area (Å²) in [5.74, 6) is 0.399. The average Bonchev–Trinajstić information content (AvgIpc) is 2.34. The maximum absolute atomic E-state index is 11.9. The minimum absolute atomic E-state index is 0.110. The molecule has 0 aliphatic carbocycles. The standard InChI is InChI=1S/C12H14N2O3/c1-14-7-10(15)13-11(12(14)16)8-4-3-5-9(6-8)17-2/h3-6,11H,7H2,1-2H3,(H,13,15). The number of carbonyl (C=O) groups excluding carboxylic acids is 2.